The molecule has 8 heteroatoms. The number of thioether (sulfide) groups is 1. The van der Waals surface area contributed by atoms with Crippen LogP contribution in [0.15, 0.2) is 30.3 Å². The fraction of sp³-hybridized carbons (Fsp3) is 0.609. The lowest BCUT2D eigenvalue weighted by Gasteiger charge is -2.34. The summed E-state index contributed by atoms with van der Waals surface area (Å²) in [4.78, 5) is 41.9. The lowest BCUT2D eigenvalue weighted by atomic mass is 9.70. The van der Waals surface area contributed by atoms with Gasteiger partial charge in [0.15, 0.2) is 0 Å². The first kappa shape index (κ1) is 22.1. The Kier molecular flexibility index (Phi) is 6.30. The molecule has 3 saturated heterocycles. The smallest absolute Gasteiger partial charge is 0.244 e. The van der Waals surface area contributed by atoms with E-state index in [-0.39, 0.29) is 35.6 Å². The molecule has 31 heavy (non-hydrogen) atoms. The van der Waals surface area contributed by atoms with Gasteiger partial charge >= 0.3 is 0 Å². The van der Waals surface area contributed by atoms with Crippen molar-refractivity contribution in [3.8, 4) is 0 Å². The van der Waals surface area contributed by atoms with E-state index in [0.717, 1.165) is 12.8 Å². The zero-order valence-corrected chi connectivity index (χ0v) is 18.9. The summed E-state index contributed by atoms with van der Waals surface area (Å²) in [5.41, 5.74) is 0.716. The highest BCUT2D eigenvalue weighted by atomic mass is 32.2. The summed E-state index contributed by atoms with van der Waals surface area (Å²) in [6, 6.07) is 8.69. The molecule has 0 aromatic heterocycles. The molecule has 3 N–H and O–H groups in total. The molecule has 3 aliphatic heterocycles. The Labute approximate surface area is 187 Å². The minimum absolute atomic E-state index is 0.0295. The second kappa shape index (κ2) is 8.82. The van der Waals surface area contributed by atoms with Gasteiger partial charge in [-0.05, 0) is 51.7 Å². The van der Waals surface area contributed by atoms with E-state index in [1.807, 2.05) is 44.2 Å². The number of carbonyl (C=O) groups excluding carboxylic acids is 3. The lowest BCUT2D eigenvalue weighted by Crippen LogP contribution is -2.54. The summed E-state index contributed by atoms with van der Waals surface area (Å²) in [6.45, 7) is 4.30. The van der Waals surface area contributed by atoms with Crippen LogP contribution in [0, 0.1) is 11.8 Å². The Morgan fingerprint density at radius 2 is 1.97 bits per heavy atom. The van der Waals surface area contributed by atoms with Gasteiger partial charge in [-0.2, -0.15) is 0 Å². The Balaban J connectivity index is 1.63. The van der Waals surface area contributed by atoms with Crippen molar-refractivity contribution in [2.45, 2.75) is 61.6 Å². The number of rotatable bonds is 8. The third-order valence-electron chi connectivity index (χ3n) is 6.63. The molecule has 1 spiro atoms. The highest BCUT2D eigenvalue weighted by Crippen LogP contribution is 2.66. The van der Waals surface area contributed by atoms with Crippen LogP contribution < -0.4 is 10.6 Å². The quantitative estimate of drug-likeness (QED) is 0.532. The highest BCUT2D eigenvalue weighted by Gasteiger charge is 2.73. The maximum Gasteiger partial charge on any atom is 0.244 e. The van der Waals surface area contributed by atoms with Crippen LogP contribution in [0.4, 0.5) is 5.69 Å². The number of nitrogens with one attached hydrogen (secondary N) is 2. The molecule has 168 valence electrons. The van der Waals surface area contributed by atoms with Crippen LogP contribution in [-0.2, 0) is 14.4 Å². The van der Waals surface area contributed by atoms with Crippen LogP contribution in [0.1, 0.15) is 39.5 Å². The summed E-state index contributed by atoms with van der Waals surface area (Å²) in [6.07, 6.45) is 2.80. The molecule has 0 aliphatic carbocycles. The van der Waals surface area contributed by atoms with E-state index in [1.165, 1.54) is 0 Å². The van der Waals surface area contributed by atoms with Crippen LogP contribution in [-0.4, -0.2) is 63.0 Å². The number of carbonyl (C=O) groups is 3. The van der Waals surface area contributed by atoms with Crippen LogP contribution in [0.5, 0.6) is 0 Å². The number of nitrogens with zero attached hydrogens (tertiary/aromatic N) is 1. The van der Waals surface area contributed by atoms with E-state index in [1.54, 1.807) is 16.7 Å². The molecule has 3 aliphatic rings. The number of hydrogen-bond acceptors (Lipinski definition) is 5. The van der Waals surface area contributed by atoms with Crippen molar-refractivity contribution >= 4 is 35.2 Å². The fourth-order valence-corrected chi connectivity index (χ4v) is 7.72. The number of aliphatic hydroxyl groups excluding tert-OH is 1. The predicted octanol–water partition coefficient (Wildman–Crippen LogP) is 2.01. The average Bonchev–Trinajstić information content (AvgIpc) is 3.36. The molecule has 3 amide bonds. The van der Waals surface area contributed by atoms with Gasteiger partial charge in [0.1, 0.15) is 6.04 Å². The van der Waals surface area contributed by atoms with E-state index in [9.17, 15) is 19.5 Å². The molecular formula is C23H31N3O4S. The topological polar surface area (TPSA) is 98.7 Å². The Morgan fingerprint density at radius 3 is 2.65 bits per heavy atom. The van der Waals surface area contributed by atoms with Crippen molar-refractivity contribution in [3.63, 3.8) is 0 Å². The van der Waals surface area contributed by atoms with Crippen LogP contribution >= 0.6 is 11.8 Å². The molecule has 7 nitrogen and oxygen atoms in total. The predicted molar refractivity (Wildman–Crippen MR) is 120 cm³/mol. The SMILES string of the molecule is CC(C)NC(=O)C1N(CCCCO)C(=O)[C@@H]2[C@@H](C(=O)Nc3ccccc3)[C@H]3CCC12S3. The number of amides is 3. The normalized spacial score (nSPS) is 31.2. The molecule has 2 unspecified atom stereocenters. The monoisotopic (exact) mass is 445 g/mol. The van der Waals surface area contributed by atoms with E-state index >= 15 is 0 Å². The van der Waals surface area contributed by atoms with Crippen molar-refractivity contribution in [3.05, 3.63) is 30.3 Å². The zero-order valence-electron chi connectivity index (χ0n) is 18.0. The number of unbranched alkanes of at least 4 members (excludes halogenated alkanes) is 1. The minimum atomic E-state index is -0.574. The third kappa shape index (κ3) is 3.84. The zero-order chi connectivity index (χ0) is 22.2. The van der Waals surface area contributed by atoms with Gasteiger partial charge < -0.3 is 20.6 Å². The number of fused-ring (bicyclic) bond motifs is 1. The van der Waals surface area contributed by atoms with Gasteiger partial charge in [0, 0.05) is 30.1 Å². The summed E-state index contributed by atoms with van der Waals surface area (Å²) in [7, 11) is 0. The van der Waals surface area contributed by atoms with Crippen molar-refractivity contribution < 1.29 is 19.5 Å². The van der Waals surface area contributed by atoms with Crippen LogP contribution in [0.3, 0.4) is 0 Å². The fourth-order valence-electron chi connectivity index (χ4n) is 5.50. The maximum atomic E-state index is 13.6. The lowest BCUT2D eigenvalue weighted by molar-refractivity contribution is -0.139. The summed E-state index contributed by atoms with van der Waals surface area (Å²) in [5.74, 6) is -1.29. The van der Waals surface area contributed by atoms with E-state index in [4.69, 9.17) is 0 Å². The average molecular weight is 446 g/mol. The van der Waals surface area contributed by atoms with E-state index in [2.05, 4.69) is 10.6 Å². The van der Waals surface area contributed by atoms with Crippen molar-refractivity contribution in [1.82, 2.24) is 10.2 Å². The van der Waals surface area contributed by atoms with Crippen molar-refractivity contribution in [1.29, 1.82) is 0 Å². The standard InChI is InChI=1S/C23H31N3O4S/c1-14(2)24-21(29)19-23-11-10-16(31-23)17(20(28)25-15-8-4-3-5-9-15)18(23)22(30)26(19)12-6-7-13-27/h3-5,8-9,14,16-19,27H,6-7,10-13H2,1-2H3,(H,24,29)(H,25,28)/t16-,17+,18+,19?,23?/m1/s1. The summed E-state index contributed by atoms with van der Waals surface area (Å²) >= 11 is 1.67. The molecular weight excluding hydrogens is 414 g/mol. The first-order valence-electron chi connectivity index (χ1n) is 11.1. The molecule has 1 aromatic rings. The number of anilines is 1. The summed E-state index contributed by atoms with van der Waals surface area (Å²) in [5, 5.41) is 15.2. The molecule has 0 saturated carbocycles. The van der Waals surface area contributed by atoms with E-state index < -0.39 is 22.6 Å². The number of aliphatic hydroxyl groups is 1. The number of likely N-dealkylation sites (tertiary alicyclic amines) is 1. The number of para-hydroxylation sites is 1. The van der Waals surface area contributed by atoms with Gasteiger partial charge in [-0.1, -0.05) is 18.2 Å². The first-order chi connectivity index (χ1) is 14.9. The Hall–Kier alpha value is -2.06. The third-order valence-corrected chi connectivity index (χ3v) is 8.58. The molecule has 4 rings (SSSR count). The van der Waals surface area contributed by atoms with Crippen LogP contribution in [0.2, 0.25) is 0 Å². The van der Waals surface area contributed by atoms with Crippen molar-refractivity contribution in [2.24, 2.45) is 11.8 Å². The molecule has 5 atom stereocenters. The van der Waals surface area contributed by atoms with Gasteiger partial charge in [-0.15, -0.1) is 11.8 Å². The molecule has 0 radical (unpaired) electrons. The Morgan fingerprint density at radius 1 is 1.23 bits per heavy atom. The molecule has 2 bridgehead atoms. The van der Waals surface area contributed by atoms with Gasteiger partial charge in [0.25, 0.3) is 0 Å². The first-order valence-corrected chi connectivity index (χ1v) is 12.0. The molecule has 1 aromatic carbocycles. The largest absolute Gasteiger partial charge is 0.396 e. The van der Waals surface area contributed by atoms with Gasteiger partial charge in [-0.25, -0.2) is 0 Å². The second-order valence-corrected chi connectivity index (χ2v) is 10.6. The highest BCUT2D eigenvalue weighted by molar-refractivity contribution is 8.02. The number of benzene rings is 1. The number of hydrogen-bond donors (Lipinski definition) is 3. The minimum Gasteiger partial charge on any atom is -0.396 e. The van der Waals surface area contributed by atoms with E-state index in [0.29, 0.717) is 25.1 Å². The van der Waals surface area contributed by atoms with Gasteiger partial charge in [0.2, 0.25) is 17.7 Å². The summed E-state index contributed by atoms with van der Waals surface area (Å²) < 4.78 is -0.557. The van der Waals surface area contributed by atoms with Gasteiger partial charge in [0.05, 0.1) is 16.6 Å². The second-order valence-electron chi connectivity index (χ2n) is 9.04. The van der Waals surface area contributed by atoms with Crippen LogP contribution in [0.25, 0.3) is 0 Å². The molecule has 3 fully saturated rings. The molecule has 3 heterocycles. The maximum absolute atomic E-state index is 13.6. The van der Waals surface area contributed by atoms with Crippen molar-refractivity contribution in [2.75, 3.05) is 18.5 Å². The Bertz CT molecular complexity index is 848. The van der Waals surface area contributed by atoms with Gasteiger partial charge in [-0.3, -0.25) is 14.4 Å².